The summed E-state index contributed by atoms with van der Waals surface area (Å²) >= 11 is 0. The van der Waals surface area contributed by atoms with Gasteiger partial charge in [0.1, 0.15) is 25.1 Å². The summed E-state index contributed by atoms with van der Waals surface area (Å²) in [5.74, 6) is 0.312. The molecule has 0 aromatic heterocycles. The van der Waals surface area contributed by atoms with E-state index < -0.39 is 22.0 Å². The van der Waals surface area contributed by atoms with Gasteiger partial charge in [0.15, 0.2) is 9.84 Å². The smallest absolute Gasteiger partial charge is 0.407 e. The minimum atomic E-state index is -3.34. The number of ether oxygens (including phenoxy) is 3. The van der Waals surface area contributed by atoms with E-state index in [1.54, 1.807) is 12.1 Å². The Labute approximate surface area is 170 Å². The number of hydrogen-bond donors (Lipinski definition) is 3. The zero-order valence-electron chi connectivity index (χ0n) is 16.4. The number of aliphatic hydroxyl groups is 1. The van der Waals surface area contributed by atoms with Crippen LogP contribution in [0.2, 0.25) is 0 Å². The number of rotatable bonds is 7. The van der Waals surface area contributed by atoms with E-state index in [2.05, 4.69) is 10.6 Å². The van der Waals surface area contributed by atoms with Gasteiger partial charge < -0.3 is 30.0 Å². The zero-order valence-corrected chi connectivity index (χ0v) is 17.2. The Hall–Kier alpha value is -1.88. The monoisotopic (exact) mass is 428 g/mol. The first-order chi connectivity index (χ1) is 13.8. The summed E-state index contributed by atoms with van der Waals surface area (Å²) in [5.41, 5.74) is -0.156. The van der Waals surface area contributed by atoms with Gasteiger partial charge in [-0.2, -0.15) is 0 Å². The Morgan fingerprint density at radius 3 is 2.86 bits per heavy atom. The molecule has 3 rings (SSSR count). The molecule has 2 saturated heterocycles. The number of piperidine rings is 1. The van der Waals surface area contributed by atoms with Crippen LogP contribution in [0.15, 0.2) is 29.2 Å². The summed E-state index contributed by atoms with van der Waals surface area (Å²) < 4.78 is 39.5. The van der Waals surface area contributed by atoms with E-state index in [0.717, 1.165) is 38.6 Å². The van der Waals surface area contributed by atoms with Crippen LogP contribution in [-0.2, 0) is 19.3 Å². The molecule has 2 heterocycles. The quantitative estimate of drug-likeness (QED) is 0.573. The number of sulfone groups is 1. The second-order valence-electron chi connectivity index (χ2n) is 7.60. The third-order valence-electron chi connectivity index (χ3n) is 5.13. The molecule has 2 atom stereocenters. The van der Waals surface area contributed by atoms with E-state index in [1.807, 2.05) is 0 Å². The Bertz CT molecular complexity index is 809. The van der Waals surface area contributed by atoms with Crippen molar-refractivity contribution in [1.82, 2.24) is 10.6 Å². The molecular formula is C19H28N2O7S. The molecule has 0 aliphatic carbocycles. The molecule has 1 aromatic carbocycles. The summed E-state index contributed by atoms with van der Waals surface area (Å²) in [6.07, 6.45) is 2.07. The van der Waals surface area contributed by atoms with E-state index in [4.69, 9.17) is 14.2 Å². The van der Waals surface area contributed by atoms with E-state index in [1.165, 1.54) is 12.1 Å². The number of carbonyl (C=O) groups is 1. The van der Waals surface area contributed by atoms with Crippen molar-refractivity contribution in [2.45, 2.75) is 41.9 Å². The second kappa shape index (κ2) is 9.29. The molecule has 1 amide bonds. The van der Waals surface area contributed by atoms with Crippen LogP contribution in [0.1, 0.15) is 19.3 Å². The maximum atomic E-state index is 12.0. The van der Waals surface area contributed by atoms with Gasteiger partial charge in [-0.1, -0.05) is 6.07 Å². The lowest BCUT2D eigenvalue weighted by Gasteiger charge is -2.32. The van der Waals surface area contributed by atoms with Crippen LogP contribution in [-0.4, -0.2) is 76.5 Å². The number of hydrogen-bond acceptors (Lipinski definition) is 8. The summed E-state index contributed by atoms with van der Waals surface area (Å²) in [4.78, 5) is 12.1. The molecule has 3 N–H and O–H groups in total. The summed E-state index contributed by atoms with van der Waals surface area (Å²) in [5, 5.41) is 16.0. The molecule has 1 aromatic rings. The molecule has 29 heavy (non-hydrogen) atoms. The number of carbonyl (C=O) groups excluding carboxylic acids is 1. The standard InChI is InChI=1S/C19H28N2O7S/c1-29(24,25)17-4-2-3-16(9-17)26-12-15(22)13-27-18(23)21-14-10-19(28-11-14)5-7-20-8-6-19/h2-4,9,14-15,20,22H,5-8,10-13H2,1H3,(H,21,23). The normalized spacial score (nSPS) is 22.2. The minimum Gasteiger partial charge on any atom is -0.491 e. The Morgan fingerprint density at radius 2 is 2.14 bits per heavy atom. The highest BCUT2D eigenvalue weighted by Gasteiger charge is 2.41. The van der Waals surface area contributed by atoms with Crippen molar-refractivity contribution >= 4 is 15.9 Å². The molecule has 2 aliphatic heterocycles. The SMILES string of the molecule is CS(=O)(=O)c1cccc(OCC(O)COC(=O)NC2COC3(CCNCC3)C2)c1. The topological polar surface area (TPSA) is 123 Å². The number of amides is 1. The van der Waals surface area contributed by atoms with Crippen LogP contribution in [0, 0.1) is 0 Å². The number of nitrogens with one attached hydrogen (secondary N) is 2. The fourth-order valence-electron chi connectivity index (χ4n) is 3.58. The molecule has 9 nitrogen and oxygen atoms in total. The average Bonchev–Trinajstić information content (AvgIpc) is 3.06. The van der Waals surface area contributed by atoms with Crippen molar-refractivity contribution in [2.24, 2.45) is 0 Å². The van der Waals surface area contributed by atoms with E-state index in [0.29, 0.717) is 12.4 Å². The summed E-state index contributed by atoms with van der Waals surface area (Å²) in [6, 6.07) is 5.89. The highest BCUT2D eigenvalue weighted by atomic mass is 32.2. The fraction of sp³-hybridized carbons (Fsp3) is 0.632. The minimum absolute atomic E-state index is 0.104. The van der Waals surface area contributed by atoms with Gasteiger partial charge in [-0.3, -0.25) is 0 Å². The molecule has 162 valence electrons. The largest absolute Gasteiger partial charge is 0.491 e. The number of alkyl carbamates (subject to hydrolysis) is 1. The number of aliphatic hydroxyl groups excluding tert-OH is 1. The molecular weight excluding hydrogens is 400 g/mol. The average molecular weight is 429 g/mol. The molecule has 10 heteroatoms. The van der Waals surface area contributed by atoms with E-state index >= 15 is 0 Å². The maximum Gasteiger partial charge on any atom is 0.407 e. The predicted octanol–water partition coefficient (Wildman–Crippen LogP) is 0.467. The van der Waals surface area contributed by atoms with E-state index in [9.17, 15) is 18.3 Å². The van der Waals surface area contributed by atoms with Crippen LogP contribution < -0.4 is 15.4 Å². The molecule has 2 fully saturated rings. The Morgan fingerprint density at radius 1 is 1.38 bits per heavy atom. The van der Waals surface area contributed by atoms with Crippen LogP contribution in [0.3, 0.4) is 0 Å². The Balaban J connectivity index is 1.37. The molecule has 2 unspecified atom stereocenters. The maximum absolute atomic E-state index is 12.0. The molecule has 2 aliphatic rings. The van der Waals surface area contributed by atoms with Gasteiger partial charge in [0.25, 0.3) is 0 Å². The number of benzene rings is 1. The first-order valence-corrected chi connectivity index (χ1v) is 11.5. The summed E-state index contributed by atoms with van der Waals surface area (Å²) in [6.45, 7) is 1.91. The lowest BCUT2D eigenvalue weighted by molar-refractivity contribution is -0.0194. The third kappa shape index (κ3) is 6.30. The van der Waals surface area contributed by atoms with Crippen LogP contribution in [0.5, 0.6) is 5.75 Å². The van der Waals surface area contributed by atoms with Crippen molar-refractivity contribution < 1.29 is 32.5 Å². The van der Waals surface area contributed by atoms with Crippen molar-refractivity contribution in [3.63, 3.8) is 0 Å². The van der Waals surface area contributed by atoms with Crippen molar-refractivity contribution in [3.05, 3.63) is 24.3 Å². The first kappa shape index (κ1) is 21.8. The summed E-state index contributed by atoms with van der Waals surface area (Å²) in [7, 11) is -3.34. The fourth-order valence-corrected chi connectivity index (χ4v) is 4.24. The Kier molecular flexibility index (Phi) is 6.99. The first-order valence-electron chi connectivity index (χ1n) is 9.65. The molecule has 0 saturated carbocycles. The molecule has 1 spiro atoms. The zero-order chi connectivity index (χ0) is 20.9. The predicted molar refractivity (Wildman–Crippen MR) is 105 cm³/mol. The van der Waals surface area contributed by atoms with Gasteiger partial charge in [-0.25, -0.2) is 13.2 Å². The van der Waals surface area contributed by atoms with Crippen molar-refractivity contribution in [2.75, 3.05) is 39.2 Å². The molecule has 0 radical (unpaired) electrons. The highest BCUT2D eigenvalue weighted by molar-refractivity contribution is 7.90. The lowest BCUT2D eigenvalue weighted by atomic mass is 9.88. The van der Waals surface area contributed by atoms with Crippen molar-refractivity contribution in [1.29, 1.82) is 0 Å². The van der Waals surface area contributed by atoms with Gasteiger partial charge >= 0.3 is 6.09 Å². The molecule has 0 bridgehead atoms. The van der Waals surface area contributed by atoms with Gasteiger partial charge in [-0.15, -0.1) is 0 Å². The van der Waals surface area contributed by atoms with E-state index in [-0.39, 0.29) is 29.8 Å². The van der Waals surface area contributed by atoms with Crippen LogP contribution in [0.4, 0.5) is 4.79 Å². The van der Waals surface area contributed by atoms with Crippen LogP contribution in [0.25, 0.3) is 0 Å². The van der Waals surface area contributed by atoms with Gasteiger partial charge in [0, 0.05) is 6.26 Å². The second-order valence-corrected chi connectivity index (χ2v) is 9.62. The van der Waals surface area contributed by atoms with Gasteiger partial charge in [-0.05, 0) is 50.6 Å². The lowest BCUT2D eigenvalue weighted by Crippen LogP contribution is -2.43. The van der Waals surface area contributed by atoms with Crippen LogP contribution >= 0.6 is 0 Å². The van der Waals surface area contributed by atoms with Crippen molar-refractivity contribution in [3.8, 4) is 5.75 Å². The van der Waals surface area contributed by atoms with Gasteiger partial charge in [0.2, 0.25) is 0 Å². The third-order valence-corrected chi connectivity index (χ3v) is 6.24. The highest BCUT2D eigenvalue weighted by Crippen LogP contribution is 2.33. The van der Waals surface area contributed by atoms with Gasteiger partial charge in [0.05, 0.1) is 23.1 Å².